The van der Waals surface area contributed by atoms with Crippen molar-refractivity contribution in [3.63, 3.8) is 0 Å². The molecule has 0 amide bonds. The highest BCUT2D eigenvalue weighted by Gasteiger charge is 2.44. The Morgan fingerprint density at radius 2 is 2.20 bits per heavy atom. The van der Waals surface area contributed by atoms with E-state index in [0.29, 0.717) is 23.9 Å². The predicted octanol–water partition coefficient (Wildman–Crippen LogP) is 1.97. The van der Waals surface area contributed by atoms with Crippen LogP contribution in [0.15, 0.2) is 29.2 Å². The van der Waals surface area contributed by atoms with Crippen LogP contribution in [0.25, 0.3) is 0 Å². The van der Waals surface area contributed by atoms with Gasteiger partial charge in [0.2, 0.25) is 10.0 Å². The van der Waals surface area contributed by atoms with E-state index in [1.165, 1.54) is 6.42 Å². The van der Waals surface area contributed by atoms with E-state index < -0.39 is 10.0 Å². The van der Waals surface area contributed by atoms with Crippen molar-refractivity contribution in [1.82, 2.24) is 9.62 Å². The third-order valence-corrected chi connectivity index (χ3v) is 6.36. The smallest absolute Gasteiger partial charge is 0.243 e. The fourth-order valence-corrected chi connectivity index (χ4v) is 5.21. The van der Waals surface area contributed by atoms with Crippen LogP contribution in [0.2, 0.25) is 0 Å². The summed E-state index contributed by atoms with van der Waals surface area (Å²) in [5.74, 6) is 0.583. The summed E-state index contributed by atoms with van der Waals surface area (Å²) in [5.41, 5.74) is 1.03. The lowest BCUT2D eigenvalue weighted by Gasteiger charge is -2.26. The molecule has 1 aromatic carbocycles. The lowest BCUT2D eigenvalue weighted by Crippen LogP contribution is -2.37. The van der Waals surface area contributed by atoms with Crippen molar-refractivity contribution in [2.24, 2.45) is 5.92 Å². The van der Waals surface area contributed by atoms with E-state index in [-0.39, 0.29) is 6.04 Å². The van der Waals surface area contributed by atoms with Crippen LogP contribution in [0.3, 0.4) is 0 Å². The summed E-state index contributed by atoms with van der Waals surface area (Å²) in [5, 5.41) is 3.23. The molecule has 3 rings (SSSR count). The van der Waals surface area contributed by atoms with Crippen LogP contribution in [-0.4, -0.2) is 31.9 Å². The molecule has 1 N–H and O–H groups in total. The number of nitrogens with one attached hydrogen (secondary N) is 1. The summed E-state index contributed by atoms with van der Waals surface area (Å²) in [4.78, 5) is 0.445. The van der Waals surface area contributed by atoms with Gasteiger partial charge in [0.25, 0.3) is 0 Å². The number of piperidine rings is 1. The Morgan fingerprint density at radius 3 is 2.85 bits per heavy atom. The standard InChI is InChI=1S/C15H22N2O2S/c1-2-16-10-12-4-3-5-15(9-12)20(18,19)17-11-13-6-7-14(17)8-13/h3-5,9,13-14,16H,2,6-8,10-11H2,1H3. The van der Waals surface area contributed by atoms with Crippen molar-refractivity contribution in [2.45, 2.75) is 43.7 Å². The van der Waals surface area contributed by atoms with E-state index in [1.807, 2.05) is 25.1 Å². The normalized spacial score (nSPS) is 26.2. The van der Waals surface area contributed by atoms with Crippen LogP contribution in [0, 0.1) is 5.92 Å². The summed E-state index contributed by atoms with van der Waals surface area (Å²) in [6.07, 6.45) is 3.27. The second-order valence-electron chi connectivity index (χ2n) is 5.84. The minimum atomic E-state index is -3.31. The Hall–Kier alpha value is -0.910. The van der Waals surface area contributed by atoms with Gasteiger partial charge in [-0.2, -0.15) is 4.31 Å². The number of nitrogens with zero attached hydrogens (tertiary/aromatic N) is 1. The largest absolute Gasteiger partial charge is 0.313 e. The van der Waals surface area contributed by atoms with Gasteiger partial charge in [0.1, 0.15) is 0 Å². The van der Waals surface area contributed by atoms with Gasteiger partial charge in [0.05, 0.1) is 4.90 Å². The monoisotopic (exact) mass is 294 g/mol. The highest BCUT2D eigenvalue weighted by Crippen LogP contribution is 2.40. The molecule has 0 spiro atoms. The third kappa shape index (κ3) is 2.50. The molecule has 2 atom stereocenters. The van der Waals surface area contributed by atoms with Crippen LogP contribution in [0.4, 0.5) is 0 Å². The molecule has 1 heterocycles. The van der Waals surface area contributed by atoms with Gasteiger partial charge in [-0.3, -0.25) is 0 Å². The van der Waals surface area contributed by atoms with E-state index >= 15 is 0 Å². The molecule has 0 aromatic heterocycles. The summed E-state index contributed by atoms with van der Waals surface area (Å²) >= 11 is 0. The first-order valence-electron chi connectivity index (χ1n) is 7.42. The Labute approximate surface area is 121 Å². The summed E-state index contributed by atoms with van der Waals surface area (Å²) in [6, 6.07) is 7.58. The average Bonchev–Trinajstić information content (AvgIpc) is 3.08. The molecule has 2 fully saturated rings. The molecule has 1 aliphatic heterocycles. The maximum atomic E-state index is 12.8. The molecular weight excluding hydrogens is 272 g/mol. The third-order valence-electron chi connectivity index (χ3n) is 4.44. The van der Waals surface area contributed by atoms with Gasteiger partial charge < -0.3 is 5.32 Å². The zero-order valence-corrected chi connectivity index (χ0v) is 12.7. The molecule has 0 radical (unpaired) electrons. The Balaban J connectivity index is 1.84. The molecule has 2 bridgehead atoms. The van der Waals surface area contributed by atoms with E-state index in [4.69, 9.17) is 0 Å². The molecule has 1 aliphatic carbocycles. The first kappa shape index (κ1) is 14.0. The quantitative estimate of drug-likeness (QED) is 0.903. The zero-order valence-electron chi connectivity index (χ0n) is 11.9. The molecular formula is C15H22N2O2S. The van der Waals surface area contributed by atoms with Gasteiger partial charge in [0.15, 0.2) is 0 Å². The van der Waals surface area contributed by atoms with Gasteiger partial charge in [-0.25, -0.2) is 8.42 Å². The molecule has 20 heavy (non-hydrogen) atoms. The lowest BCUT2D eigenvalue weighted by molar-refractivity contribution is 0.333. The predicted molar refractivity (Wildman–Crippen MR) is 78.8 cm³/mol. The molecule has 110 valence electrons. The first-order chi connectivity index (χ1) is 9.61. The van der Waals surface area contributed by atoms with Crippen molar-refractivity contribution in [1.29, 1.82) is 0 Å². The fourth-order valence-electron chi connectivity index (χ4n) is 3.39. The summed E-state index contributed by atoms with van der Waals surface area (Å²) in [6.45, 7) is 4.35. The molecule has 2 aliphatic rings. The average molecular weight is 294 g/mol. The second kappa shape index (κ2) is 5.47. The number of sulfonamides is 1. The SMILES string of the molecule is CCNCc1cccc(S(=O)(=O)N2CC3CCC2C3)c1. The zero-order chi connectivity index (χ0) is 14.2. The molecule has 1 aromatic rings. The fraction of sp³-hybridized carbons (Fsp3) is 0.600. The number of benzene rings is 1. The highest BCUT2D eigenvalue weighted by atomic mass is 32.2. The number of hydrogen-bond donors (Lipinski definition) is 1. The summed E-state index contributed by atoms with van der Waals surface area (Å²) in [7, 11) is -3.31. The van der Waals surface area contributed by atoms with Crippen LogP contribution in [0.5, 0.6) is 0 Å². The Bertz CT molecular complexity index is 585. The van der Waals surface area contributed by atoms with E-state index in [9.17, 15) is 8.42 Å². The van der Waals surface area contributed by atoms with Gasteiger partial charge in [-0.1, -0.05) is 19.1 Å². The van der Waals surface area contributed by atoms with E-state index in [1.54, 1.807) is 10.4 Å². The second-order valence-corrected chi connectivity index (χ2v) is 7.73. The Morgan fingerprint density at radius 1 is 1.35 bits per heavy atom. The first-order valence-corrected chi connectivity index (χ1v) is 8.86. The highest BCUT2D eigenvalue weighted by molar-refractivity contribution is 7.89. The van der Waals surface area contributed by atoms with Crippen LogP contribution < -0.4 is 5.32 Å². The van der Waals surface area contributed by atoms with Crippen molar-refractivity contribution >= 4 is 10.0 Å². The summed E-state index contributed by atoms with van der Waals surface area (Å²) < 4.78 is 27.2. The van der Waals surface area contributed by atoms with Gasteiger partial charge in [-0.15, -0.1) is 0 Å². The van der Waals surface area contributed by atoms with Crippen molar-refractivity contribution in [3.05, 3.63) is 29.8 Å². The molecule has 2 unspecified atom stereocenters. The van der Waals surface area contributed by atoms with Crippen LogP contribution >= 0.6 is 0 Å². The van der Waals surface area contributed by atoms with Crippen LogP contribution in [0.1, 0.15) is 31.7 Å². The van der Waals surface area contributed by atoms with E-state index in [2.05, 4.69) is 5.32 Å². The van der Waals surface area contributed by atoms with Crippen molar-refractivity contribution in [3.8, 4) is 0 Å². The van der Waals surface area contributed by atoms with Gasteiger partial charge in [-0.05, 0) is 49.4 Å². The van der Waals surface area contributed by atoms with E-state index in [0.717, 1.165) is 24.9 Å². The van der Waals surface area contributed by atoms with Crippen molar-refractivity contribution < 1.29 is 8.42 Å². The van der Waals surface area contributed by atoms with Gasteiger partial charge >= 0.3 is 0 Å². The maximum absolute atomic E-state index is 12.8. The van der Waals surface area contributed by atoms with Crippen molar-refractivity contribution in [2.75, 3.05) is 13.1 Å². The number of hydrogen-bond acceptors (Lipinski definition) is 3. The minimum Gasteiger partial charge on any atom is -0.313 e. The Kier molecular flexibility index (Phi) is 3.84. The topological polar surface area (TPSA) is 49.4 Å². The number of rotatable bonds is 5. The van der Waals surface area contributed by atoms with Gasteiger partial charge in [0, 0.05) is 19.1 Å². The molecule has 4 nitrogen and oxygen atoms in total. The maximum Gasteiger partial charge on any atom is 0.243 e. The van der Waals surface area contributed by atoms with Crippen LogP contribution in [-0.2, 0) is 16.6 Å². The number of fused-ring (bicyclic) bond motifs is 2. The lowest BCUT2D eigenvalue weighted by atomic mass is 10.1. The molecule has 1 saturated heterocycles. The minimum absolute atomic E-state index is 0.238. The molecule has 1 saturated carbocycles. The molecule has 5 heteroatoms.